The smallest absolute Gasteiger partial charge is 0.290 e. The highest BCUT2D eigenvalue weighted by atomic mass is 16.5. The van der Waals surface area contributed by atoms with Gasteiger partial charge in [0, 0.05) is 13.1 Å². The molecule has 1 amide bonds. The molecule has 0 N–H and O–H groups in total. The number of likely N-dealkylation sites (N-methyl/N-ethyl adjacent to an activating group) is 1. The summed E-state index contributed by atoms with van der Waals surface area (Å²) in [7, 11) is 0. The van der Waals surface area contributed by atoms with E-state index in [1.165, 1.54) is 0 Å². The quantitative estimate of drug-likeness (QED) is 0.472. The number of fused-ring (bicyclic) bond motifs is 2. The van der Waals surface area contributed by atoms with Gasteiger partial charge in [0.2, 0.25) is 5.76 Å². The van der Waals surface area contributed by atoms with E-state index in [2.05, 4.69) is 25.7 Å². The zero-order valence-corrected chi connectivity index (χ0v) is 19.9. The standard InChI is InChI=1S/C27H32N2O4/c1-5-16-32-20-11-9-19(10-12-20)24-23-25(30)21-17-18(4)8-13-22(21)33-26(23)27(31)29(24)15-14-28(6-2)7-3/h8-13,17,24H,5-7,14-16H2,1-4H3. The fraction of sp³-hybridized carbons (Fsp3) is 0.407. The van der Waals surface area contributed by atoms with Crippen LogP contribution in [0.3, 0.4) is 0 Å². The Balaban J connectivity index is 1.81. The fourth-order valence-corrected chi connectivity index (χ4v) is 4.47. The van der Waals surface area contributed by atoms with Crippen LogP contribution in [0.2, 0.25) is 0 Å². The fourth-order valence-electron chi connectivity index (χ4n) is 4.47. The summed E-state index contributed by atoms with van der Waals surface area (Å²) in [4.78, 5) is 31.2. The number of amides is 1. The summed E-state index contributed by atoms with van der Waals surface area (Å²) in [5.74, 6) is 0.709. The number of carbonyl (C=O) groups excluding carboxylic acids is 1. The Morgan fingerprint density at radius 2 is 1.76 bits per heavy atom. The molecule has 6 nitrogen and oxygen atoms in total. The second-order valence-electron chi connectivity index (χ2n) is 8.52. The molecule has 2 heterocycles. The van der Waals surface area contributed by atoms with Crippen LogP contribution in [0, 0.1) is 6.92 Å². The van der Waals surface area contributed by atoms with Crippen molar-refractivity contribution in [2.75, 3.05) is 32.8 Å². The van der Waals surface area contributed by atoms with Gasteiger partial charge in [-0.25, -0.2) is 0 Å². The minimum Gasteiger partial charge on any atom is -0.494 e. The average Bonchev–Trinajstić information content (AvgIpc) is 3.11. The number of aryl methyl sites for hydroxylation is 1. The minimum absolute atomic E-state index is 0.134. The van der Waals surface area contributed by atoms with Gasteiger partial charge in [-0.2, -0.15) is 0 Å². The first-order chi connectivity index (χ1) is 16.0. The number of ether oxygens (including phenoxy) is 1. The number of benzene rings is 2. The van der Waals surface area contributed by atoms with Gasteiger partial charge in [0.05, 0.1) is 23.6 Å². The summed E-state index contributed by atoms with van der Waals surface area (Å²) >= 11 is 0. The van der Waals surface area contributed by atoms with E-state index in [-0.39, 0.29) is 17.1 Å². The Kier molecular flexibility index (Phi) is 6.84. The number of rotatable bonds is 9. The topological polar surface area (TPSA) is 63.0 Å². The molecule has 2 aromatic carbocycles. The monoisotopic (exact) mass is 448 g/mol. The Hall–Kier alpha value is -3.12. The Bertz CT molecular complexity index is 1200. The average molecular weight is 449 g/mol. The molecule has 0 saturated carbocycles. The molecule has 6 heteroatoms. The summed E-state index contributed by atoms with van der Waals surface area (Å²) in [5.41, 5.74) is 2.60. The van der Waals surface area contributed by atoms with Crippen molar-refractivity contribution < 1.29 is 13.9 Å². The molecule has 1 aliphatic heterocycles. The molecule has 0 radical (unpaired) electrons. The van der Waals surface area contributed by atoms with Crippen molar-refractivity contribution in [3.63, 3.8) is 0 Å². The maximum atomic E-state index is 13.6. The summed E-state index contributed by atoms with van der Waals surface area (Å²) in [6.07, 6.45) is 0.929. The van der Waals surface area contributed by atoms with Crippen LogP contribution in [0.5, 0.6) is 5.75 Å². The van der Waals surface area contributed by atoms with Crippen molar-refractivity contribution >= 4 is 16.9 Å². The Morgan fingerprint density at radius 3 is 2.42 bits per heavy atom. The highest BCUT2D eigenvalue weighted by Crippen LogP contribution is 2.38. The SMILES string of the molecule is CCCOc1ccc(C2c3c(oc4ccc(C)cc4c3=O)C(=O)N2CCN(CC)CC)cc1. The predicted molar refractivity (Wildman–Crippen MR) is 130 cm³/mol. The van der Waals surface area contributed by atoms with Crippen LogP contribution in [0.15, 0.2) is 51.7 Å². The van der Waals surface area contributed by atoms with Gasteiger partial charge in [-0.1, -0.05) is 44.5 Å². The van der Waals surface area contributed by atoms with Crippen LogP contribution in [-0.2, 0) is 0 Å². The summed E-state index contributed by atoms with van der Waals surface area (Å²) < 4.78 is 11.8. The molecule has 4 rings (SSSR count). The summed E-state index contributed by atoms with van der Waals surface area (Å²) in [6, 6.07) is 12.7. The van der Waals surface area contributed by atoms with E-state index < -0.39 is 6.04 Å². The molecular formula is C27H32N2O4. The zero-order chi connectivity index (χ0) is 23.5. The first kappa shape index (κ1) is 23.1. The largest absolute Gasteiger partial charge is 0.494 e. The van der Waals surface area contributed by atoms with E-state index in [1.54, 1.807) is 11.0 Å². The molecule has 174 valence electrons. The summed E-state index contributed by atoms with van der Waals surface area (Å²) in [6.45, 7) is 11.9. The minimum atomic E-state index is -0.482. The van der Waals surface area contributed by atoms with E-state index in [4.69, 9.17) is 9.15 Å². The molecule has 0 spiro atoms. The van der Waals surface area contributed by atoms with Crippen LogP contribution in [0.1, 0.15) is 60.5 Å². The number of nitrogens with zero attached hydrogens (tertiary/aromatic N) is 2. The van der Waals surface area contributed by atoms with Crippen LogP contribution >= 0.6 is 0 Å². The first-order valence-electron chi connectivity index (χ1n) is 11.8. The third-order valence-corrected chi connectivity index (χ3v) is 6.34. The second kappa shape index (κ2) is 9.79. The highest BCUT2D eigenvalue weighted by Gasteiger charge is 2.42. The van der Waals surface area contributed by atoms with Gasteiger partial charge in [0.25, 0.3) is 5.91 Å². The molecule has 1 aromatic heterocycles. The van der Waals surface area contributed by atoms with Crippen molar-refractivity contribution in [2.24, 2.45) is 0 Å². The van der Waals surface area contributed by atoms with Crippen LogP contribution in [-0.4, -0.2) is 48.5 Å². The molecule has 0 bridgehead atoms. The lowest BCUT2D eigenvalue weighted by Crippen LogP contribution is -2.37. The van der Waals surface area contributed by atoms with Crippen LogP contribution < -0.4 is 10.2 Å². The van der Waals surface area contributed by atoms with Crippen LogP contribution in [0.4, 0.5) is 0 Å². The Labute approximate surface area is 194 Å². The van der Waals surface area contributed by atoms with E-state index in [0.717, 1.165) is 42.9 Å². The first-order valence-corrected chi connectivity index (χ1v) is 11.8. The van der Waals surface area contributed by atoms with Gasteiger partial charge in [-0.3, -0.25) is 9.59 Å². The third-order valence-electron chi connectivity index (χ3n) is 6.34. The van der Waals surface area contributed by atoms with Gasteiger partial charge in [-0.15, -0.1) is 0 Å². The molecule has 0 fully saturated rings. The van der Waals surface area contributed by atoms with Crippen molar-refractivity contribution in [2.45, 2.75) is 40.2 Å². The van der Waals surface area contributed by atoms with Crippen molar-refractivity contribution in [3.05, 3.63) is 75.1 Å². The van der Waals surface area contributed by atoms with Crippen LogP contribution in [0.25, 0.3) is 11.0 Å². The third kappa shape index (κ3) is 4.40. The van der Waals surface area contributed by atoms with E-state index in [9.17, 15) is 9.59 Å². The normalized spacial score (nSPS) is 15.5. The maximum Gasteiger partial charge on any atom is 0.290 e. The van der Waals surface area contributed by atoms with Crippen molar-refractivity contribution in [1.82, 2.24) is 9.80 Å². The molecule has 0 aliphatic carbocycles. The Morgan fingerprint density at radius 1 is 1.03 bits per heavy atom. The van der Waals surface area contributed by atoms with Crippen molar-refractivity contribution in [1.29, 1.82) is 0 Å². The number of hydrogen-bond donors (Lipinski definition) is 0. The molecule has 3 aromatic rings. The number of carbonyl (C=O) groups is 1. The summed E-state index contributed by atoms with van der Waals surface area (Å²) in [5, 5.41) is 0.514. The van der Waals surface area contributed by atoms with Gasteiger partial charge < -0.3 is 19.0 Å². The highest BCUT2D eigenvalue weighted by molar-refractivity contribution is 5.99. The van der Waals surface area contributed by atoms with E-state index in [1.807, 2.05) is 43.3 Å². The molecule has 33 heavy (non-hydrogen) atoms. The lowest BCUT2D eigenvalue weighted by molar-refractivity contribution is 0.0708. The van der Waals surface area contributed by atoms with E-state index in [0.29, 0.717) is 29.7 Å². The van der Waals surface area contributed by atoms with Gasteiger partial charge in [0.1, 0.15) is 11.3 Å². The molecular weight excluding hydrogens is 416 g/mol. The van der Waals surface area contributed by atoms with Crippen molar-refractivity contribution in [3.8, 4) is 5.75 Å². The maximum absolute atomic E-state index is 13.6. The molecule has 0 saturated heterocycles. The zero-order valence-electron chi connectivity index (χ0n) is 19.9. The van der Waals surface area contributed by atoms with Gasteiger partial charge in [-0.05, 0) is 56.3 Å². The predicted octanol–water partition coefficient (Wildman–Crippen LogP) is 4.78. The molecule has 1 unspecified atom stereocenters. The molecule has 1 atom stereocenters. The van der Waals surface area contributed by atoms with Gasteiger partial charge in [0.15, 0.2) is 5.43 Å². The lowest BCUT2D eigenvalue weighted by Gasteiger charge is -2.28. The lowest BCUT2D eigenvalue weighted by atomic mass is 9.98. The van der Waals surface area contributed by atoms with Gasteiger partial charge >= 0.3 is 0 Å². The second-order valence-corrected chi connectivity index (χ2v) is 8.52. The molecule has 1 aliphatic rings. The number of hydrogen-bond acceptors (Lipinski definition) is 5. The van der Waals surface area contributed by atoms with E-state index >= 15 is 0 Å².